The van der Waals surface area contributed by atoms with E-state index < -0.39 is 17.8 Å². The van der Waals surface area contributed by atoms with Crippen molar-refractivity contribution >= 4 is 0 Å². The van der Waals surface area contributed by atoms with Gasteiger partial charge in [0.05, 0.1) is 17.8 Å². The topological polar surface area (TPSA) is 60.7 Å². The summed E-state index contributed by atoms with van der Waals surface area (Å²) in [6, 6.07) is 0. The van der Waals surface area contributed by atoms with Crippen molar-refractivity contribution in [1.82, 2.24) is 0 Å². The molecule has 7 atom stereocenters. The van der Waals surface area contributed by atoms with Crippen LogP contribution in [0.25, 0.3) is 0 Å². The molecule has 0 aromatic carbocycles. The number of hydrogen-bond donors (Lipinski definition) is 3. The minimum atomic E-state index is -0.674. The summed E-state index contributed by atoms with van der Waals surface area (Å²) in [5.41, 5.74) is 2.43. The molecule has 3 fully saturated rings. The fraction of sp³-hybridized carbons (Fsp3) is 0.778. The Balaban J connectivity index is 1.73. The Hall–Kier alpha value is -0.900. The van der Waals surface area contributed by atoms with Gasteiger partial charge in [-0.3, -0.25) is 0 Å². The first-order valence-corrected chi connectivity index (χ1v) is 12.2. The Morgan fingerprint density at radius 1 is 1.03 bits per heavy atom. The summed E-state index contributed by atoms with van der Waals surface area (Å²) in [5, 5.41) is 30.2. The number of rotatable bonds is 5. The molecule has 0 radical (unpaired) electrons. The van der Waals surface area contributed by atoms with Gasteiger partial charge in [-0.1, -0.05) is 56.2 Å². The van der Waals surface area contributed by atoms with Gasteiger partial charge >= 0.3 is 0 Å². The van der Waals surface area contributed by atoms with E-state index in [1.807, 2.05) is 13.8 Å². The zero-order valence-electron chi connectivity index (χ0n) is 19.8. The molecule has 170 valence electrons. The summed E-state index contributed by atoms with van der Waals surface area (Å²) in [6.07, 6.45) is 16.5. The first-order chi connectivity index (χ1) is 14.0. The van der Waals surface area contributed by atoms with Crippen LogP contribution in [-0.4, -0.2) is 33.1 Å². The maximum atomic E-state index is 10.2. The molecule has 3 N–H and O–H groups in total. The van der Waals surface area contributed by atoms with E-state index in [9.17, 15) is 15.3 Å². The number of hydrogen-bond acceptors (Lipinski definition) is 3. The standard InChI is InChI=1S/C27H44O3/c1-18(8-9-19(2)26(3,4)30)24-12-13-25-21(7-6-14-27(24,25)5)11-10-20-15-22(28)17-23(29)16-20/h8-11,18-19,22-25,28-30H,6-7,12-17H2,1-5H3/b9-8+,21-11+/t18-,19+,22+,23+,24?,25-,27+/m0/s1. The molecule has 0 aromatic rings. The van der Waals surface area contributed by atoms with E-state index in [4.69, 9.17) is 0 Å². The molecule has 0 saturated heterocycles. The van der Waals surface area contributed by atoms with Gasteiger partial charge in [-0.2, -0.15) is 0 Å². The maximum absolute atomic E-state index is 10.2. The third kappa shape index (κ3) is 5.29. The van der Waals surface area contributed by atoms with Gasteiger partial charge in [-0.25, -0.2) is 0 Å². The Kier molecular flexibility index (Phi) is 7.37. The predicted octanol–water partition coefficient (Wildman–Crippen LogP) is 5.56. The summed E-state index contributed by atoms with van der Waals surface area (Å²) in [6.45, 7) is 10.7. The van der Waals surface area contributed by atoms with Crippen LogP contribution in [0.2, 0.25) is 0 Å². The summed E-state index contributed by atoms with van der Waals surface area (Å²) in [4.78, 5) is 0. The number of aliphatic hydroxyl groups is 3. The fourth-order valence-corrected chi connectivity index (χ4v) is 6.39. The third-order valence-corrected chi connectivity index (χ3v) is 8.56. The van der Waals surface area contributed by atoms with Gasteiger partial charge < -0.3 is 15.3 Å². The predicted molar refractivity (Wildman–Crippen MR) is 124 cm³/mol. The second-order valence-corrected chi connectivity index (χ2v) is 11.3. The second-order valence-electron chi connectivity index (χ2n) is 11.3. The Labute approximate surface area is 184 Å². The lowest BCUT2D eigenvalue weighted by molar-refractivity contribution is 0.0436. The molecule has 3 nitrogen and oxygen atoms in total. The average molecular weight is 417 g/mol. The highest BCUT2D eigenvalue weighted by Gasteiger charge is 2.50. The molecule has 0 heterocycles. The van der Waals surface area contributed by atoms with Crippen LogP contribution in [0.5, 0.6) is 0 Å². The van der Waals surface area contributed by atoms with Gasteiger partial charge in [0.2, 0.25) is 0 Å². The maximum Gasteiger partial charge on any atom is 0.0651 e. The van der Waals surface area contributed by atoms with E-state index in [1.54, 1.807) is 5.57 Å². The van der Waals surface area contributed by atoms with Gasteiger partial charge in [-0.05, 0) is 88.4 Å². The zero-order chi connectivity index (χ0) is 22.1. The van der Waals surface area contributed by atoms with Gasteiger partial charge in [0.25, 0.3) is 0 Å². The SMILES string of the molecule is C[C@H](/C=C/[C@H](C)C1CC[C@H]2/C(=C/C=C3C[C@@H](O)C[C@H](O)C3)CCC[C@]12C)C(C)(C)O. The Morgan fingerprint density at radius 3 is 2.33 bits per heavy atom. The minimum absolute atomic E-state index is 0.152. The van der Waals surface area contributed by atoms with Crippen LogP contribution in [0.4, 0.5) is 0 Å². The normalized spacial score (nSPS) is 38.7. The first kappa shape index (κ1) is 23.8. The van der Waals surface area contributed by atoms with Gasteiger partial charge in [0, 0.05) is 5.92 Å². The van der Waals surface area contributed by atoms with Gasteiger partial charge in [-0.15, -0.1) is 0 Å². The number of allylic oxidation sites excluding steroid dienone is 4. The lowest BCUT2D eigenvalue weighted by atomic mass is 9.61. The van der Waals surface area contributed by atoms with Crippen molar-refractivity contribution in [3.8, 4) is 0 Å². The fourth-order valence-electron chi connectivity index (χ4n) is 6.39. The second kappa shape index (κ2) is 9.30. The quantitative estimate of drug-likeness (QED) is 0.514. The zero-order valence-corrected chi connectivity index (χ0v) is 19.8. The van der Waals surface area contributed by atoms with Crippen molar-refractivity contribution in [1.29, 1.82) is 0 Å². The van der Waals surface area contributed by atoms with E-state index in [0.717, 1.165) is 0 Å². The molecule has 1 unspecified atom stereocenters. The molecule has 0 bridgehead atoms. The van der Waals surface area contributed by atoms with Crippen LogP contribution < -0.4 is 0 Å². The van der Waals surface area contributed by atoms with Crippen LogP contribution in [0.15, 0.2) is 35.5 Å². The molecule has 0 amide bonds. The average Bonchev–Trinajstić information content (AvgIpc) is 3.00. The summed E-state index contributed by atoms with van der Waals surface area (Å²) in [5.74, 6) is 2.00. The van der Waals surface area contributed by atoms with Crippen LogP contribution in [0, 0.1) is 29.1 Å². The molecular formula is C27H44O3. The molecule has 3 heteroatoms. The van der Waals surface area contributed by atoms with Gasteiger partial charge in [0.1, 0.15) is 0 Å². The van der Waals surface area contributed by atoms with E-state index >= 15 is 0 Å². The monoisotopic (exact) mass is 416 g/mol. The highest BCUT2D eigenvalue weighted by Crippen LogP contribution is 2.59. The molecule has 3 aliphatic carbocycles. The van der Waals surface area contributed by atoms with Crippen LogP contribution in [0.1, 0.15) is 86.0 Å². The molecule has 3 rings (SSSR count). The third-order valence-electron chi connectivity index (χ3n) is 8.56. The van der Waals surface area contributed by atoms with E-state index in [1.165, 1.54) is 37.7 Å². The van der Waals surface area contributed by atoms with Crippen LogP contribution in [-0.2, 0) is 0 Å². The Morgan fingerprint density at radius 2 is 1.70 bits per heavy atom. The van der Waals surface area contributed by atoms with E-state index in [2.05, 4.69) is 45.1 Å². The smallest absolute Gasteiger partial charge is 0.0651 e. The first-order valence-electron chi connectivity index (χ1n) is 12.2. The van der Waals surface area contributed by atoms with Crippen LogP contribution >= 0.6 is 0 Å². The summed E-state index contributed by atoms with van der Waals surface area (Å²) < 4.78 is 0. The van der Waals surface area contributed by atoms with Crippen molar-refractivity contribution in [3.63, 3.8) is 0 Å². The molecule has 0 aromatic heterocycles. The summed E-state index contributed by atoms with van der Waals surface area (Å²) in [7, 11) is 0. The highest BCUT2D eigenvalue weighted by atomic mass is 16.3. The highest BCUT2D eigenvalue weighted by molar-refractivity contribution is 5.26. The molecular weight excluding hydrogens is 372 g/mol. The summed E-state index contributed by atoms with van der Waals surface area (Å²) >= 11 is 0. The molecule has 30 heavy (non-hydrogen) atoms. The number of fused-ring (bicyclic) bond motifs is 1. The van der Waals surface area contributed by atoms with Crippen molar-refractivity contribution in [2.45, 2.75) is 104 Å². The van der Waals surface area contributed by atoms with Gasteiger partial charge in [0.15, 0.2) is 0 Å². The minimum Gasteiger partial charge on any atom is -0.393 e. The van der Waals surface area contributed by atoms with Crippen molar-refractivity contribution in [2.75, 3.05) is 0 Å². The molecule has 0 spiro atoms. The van der Waals surface area contributed by atoms with E-state index in [-0.39, 0.29) is 5.92 Å². The lowest BCUT2D eigenvalue weighted by Crippen LogP contribution is -2.35. The largest absolute Gasteiger partial charge is 0.393 e. The number of aliphatic hydroxyl groups excluding tert-OH is 2. The Bertz CT molecular complexity index is 671. The molecule has 3 saturated carbocycles. The van der Waals surface area contributed by atoms with Crippen molar-refractivity contribution in [2.24, 2.45) is 29.1 Å². The van der Waals surface area contributed by atoms with Crippen molar-refractivity contribution in [3.05, 3.63) is 35.5 Å². The lowest BCUT2D eigenvalue weighted by Gasteiger charge is -2.44. The van der Waals surface area contributed by atoms with E-state index in [0.29, 0.717) is 42.4 Å². The molecule has 0 aliphatic heterocycles. The van der Waals surface area contributed by atoms with Crippen LogP contribution in [0.3, 0.4) is 0 Å². The van der Waals surface area contributed by atoms with Crippen molar-refractivity contribution < 1.29 is 15.3 Å². The molecule has 3 aliphatic rings.